The number of benzene rings is 1. The molecule has 0 aliphatic heterocycles. The minimum absolute atomic E-state index is 0.158. The molecule has 2 N–H and O–H groups in total. The lowest BCUT2D eigenvalue weighted by molar-refractivity contribution is 0.00236. The average molecular weight is 341 g/mol. The summed E-state index contributed by atoms with van der Waals surface area (Å²) in [6.07, 6.45) is 0.0629. The zero-order valence-corrected chi connectivity index (χ0v) is 14.0. The van der Waals surface area contributed by atoms with Gasteiger partial charge < -0.3 is 29.4 Å². The first-order valence-electron chi connectivity index (χ1n) is 8.06. The maximum atomic E-state index is 10.3. The number of carbonyl (C=O) groups excluding carboxylic acids is 1. The number of rotatable bonds is 15. The third kappa shape index (κ3) is 12.8. The Kier molecular flexibility index (Phi) is 12.6. The minimum Gasteiger partial charge on any atom is -0.447 e. The normalized spacial score (nSPS) is 10.7. The first-order valence-corrected chi connectivity index (χ1v) is 8.06. The third-order valence-corrected chi connectivity index (χ3v) is 2.90. The Balaban J connectivity index is 1.72. The van der Waals surface area contributed by atoms with Crippen LogP contribution in [0, 0.1) is 0 Å². The number of amides is 1. The van der Waals surface area contributed by atoms with Crippen LogP contribution in [0.5, 0.6) is 0 Å². The van der Waals surface area contributed by atoms with Crippen LogP contribution < -0.4 is 5.73 Å². The van der Waals surface area contributed by atoms with Crippen LogP contribution in [0.15, 0.2) is 30.3 Å². The molecule has 0 spiro atoms. The molecular weight excluding hydrogens is 314 g/mol. The van der Waals surface area contributed by atoms with E-state index in [1.807, 2.05) is 30.3 Å². The van der Waals surface area contributed by atoms with Gasteiger partial charge in [0.05, 0.1) is 39.6 Å². The van der Waals surface area contributed by atoms with Crippen molar-refractivity contribution in [2.45, 2.75) is 13.0 Å². The van der Waals surface area contributed by atoms with Crippen molar-refractivity contribution >= 4 is 6.09 Å². The fraction of sp³-hybridized carbons (Fsp3) is 0.588. The fourth-order valence-electron chi connectivity index (χ4n) is 1.77. The van der Waals surface area contributed by atoms with E-state index in [1.165, 1.54) is 5.56 Å². The molecule has 136 valence electrons. The molecule has 1 aromatic rings. The number of carbonyl (C=O) groups is 1. The molecule has 0 saturated heterocycles. The molecule has 0 atom stereocenters. The lowest BCUT2D eigenvalue weighted by Gasteiger charge is -2.07. The van der Waals surface area contributed by atoms with Gasteiger partial charge >= 0.3 is 6.09 Å². The van der Waals surface area contributed by atoms with Crippen molar-refractivity contribution in [3.8, 4) is 0 Å². The predicted molar refractivity (Wildman–Crippen MR) is 88.7 cm³/mol. The second-order valence-electron chi connectivity index (χ2n) is 4.90. The molecule has 0 radical (unpaired) electrons. The average Bonchev–Trinajstić information content (AvgIpc) is 2.59. The van der Waals surface area contributed by atoms with Crippen LogP contribution in [-0.2, 0) is 30.3 Å². The monoisotopic (exact) mass is 341 g/mol. The standard InChI is InChI=1S/C17H27NO6/c18-17(19)24-14-13-22-12-11-21-10-9-20-7-4-8-23-15-16-5-2-1-3-6-16/h1-3,5-6H,4,7-15H2,(H2,18,19). The van der Waals surface area contributed by atoms with Crippen LogP contribution in [-0.4, -0.2) is 58.9 Å². The van der Waals surface area contributed by atoms with E-state index < -0.39 is 6.09 Å². The molecule has 0 heterocycles. The number of hydrogen-bond acceptors (Lipinski definition) is 6. The van der Waals surface area contributed by atoms with Gasteiger partial charge in [-0.2, -0.15) is 0 Å². The van der Waals surface area contributed by atoms with Gasteiger partial charge in [0.2, 0.25) is 0 Å². The fourth-order valence-corrected chi connectivity index (χ4v) is 1.77. The zero-order chi connectivity index (χ0) is 17.3. The van der Waals surface area contributed by atoms with Crippen LogP contribution in [0.25, 0.3) is 0 Å². The Labute approximate surface area is 143 Å². The van der Waals surface area contributed by atoms with Gasteiger partial charge in [-0.25, -0.2) is 4.79 Å². The van der Waals surface area contributed by atoms with Crippen molar-refractivity contribution in [2.75, 3.05) is 52.9 Å². The van der Waals surface area contributed by atoms with Gasteiger partial charge in [0.1, 0.15) is 6.61 Å². The molecule has 0 aliphatic rings. The summed E-state index contributed by atoms with van der Waals surface area (Å²) in [5.41, 5.74) is 5.98. The number of ether oxygens (including phenoxy) is 5. The molecule has 0 aliphatic carbocycles. The highest BCUT2D eigenvalue weighted by atomic mass is 16.6. The van der Waals surface area contributed by atoms with Crippen LogP contribution in [0.1, 0.15) is 12.0 Å². The molecule has 0 saturated carbocycles. The van der Waals surface area contributed by atoms with Gasteiger partial charge in [0.15, 0.2) is 0 Å². The third-order valence-electron chi connectivity index (χ3n) is 2.90. The highest BCUT2D eigenvalue weighted by molar-refractivity contribution is 5.64. The number of nitrogens with two attached hydrogens (primary N) is 1. The van der Waals surface area contributed by atoms with Crippen molar-refractivity contribution in [3.05, 3.63) is 35.9 Å². The molecule has 1 rings (SSSR count). The van der Waals surface area contributed by atoms with Gasteiger partial charge in [-0.05, 0) is 12.0 Å². The van der Waals surface area contributed by atoms with E-state index in [4.69, 9.17) is 24.7 Å². The Morgan fingerprint density at radius 2 is 1.29 bits per heavy atom. The zero-order valence-electron chi connectivity index (χ0n) is 14.0. The van der Waals surface area contributed by atoms with Crippen LogP contribution >= 0.6 is 0 Å². The Morgan fingerprint density at radius 3 is 1.92 bits per heavy atom. The van der Waals surface area contributed by atoms with Gasteiger partial charge in [0, 0.05) is 13.2 Å². The van der Waals surface area contributed by atoms with Crippen molar-refractivity contribution < 1.29 is 28.5 Å². The summed E-state index contributed by atoms with van der Waals surface area (Å²) < 4.78 is 26.0. The summed E-state index contributed by atoms with van der Waals surface area (Å²) in [5, 5.41) is 0. The first-order chi connectivity index (χ1) is 11.8. The maximum absolute atomic E-state index is 10.3. The van der Waals surface area contributed by atoms with E-state index in [0.717, 1.165) is 6.42 Å². The van der Waals surface area contributed by atoms with Crippen LogP contribution in [0.3, 0.4) is 0 Å². The molecule has 0 fully saturated rings. The lowest BCUT2D eigenvalue weighted by Crippen LogP contribution is -2.17. The topological polar surface area (TPSA) is 89.2 Å². The Morgan fingerprint density at radius 1 is 0.750 bits per heavy atom. The first kappa shape index (κ1) is 20.4. The molecule has 1 aromatic carbocycles. The molecule has 7 nitrogen and oxygen atoms in total. The van der Waals surface area contributed by atoms with E-state index >= 15 is 0 Å². The summed E-state index contributed by atoms with van der Waals surface area (Å²) >= 11 is 0. The molecule has 7 heteroatoms. The van der Waals surface area contributed by atoms with Crippen molar-refractivity contribution in [3.63, 3.8) is 0 Å². The van der Waals surface area contributed by atoms with Crippen LogP contribution in [0.2, 0.25) is 0 Å². The summed E-state index contributed by atoms with van der Waals surface area (Å²) in [6, 6.07) is 10.1. The summed E-state index contributed by atoms with van der Waals surface area (Å²) in [5.74, 6) is 0. The predicted octanol–water partition coefficient (Wildman–Crippen LogP) is 1.74. The van der Waals surface area contributed by atoms with E-state index in [0.29, 0.717) is 52.9 Å². The molecule has 0 unspecified atom stereocenters. The van der Waals surface area contributed by atoms with Gasteiger partial charge in [-0.1, -0.05) is 30.3 Å². The summed E-state index contributed by atoms with van der Waals surface area (Å²) in [6.45, 7) is 4.41. The highest BCUT2D eigenvalue weighted by Crippen LogP contribution is 2.00. The largest absolute Gasteiger partial charge is 0.447 e. The van der Waals surface area contributed by atoms with E-state index in [2.05, 4.69) is 4.74 Å². The quantitative estimate of drug-likeness (QED) is 0.489. The van der Waals surface area contributed by atoms with Crippen molar-refractivity contribution in [2.24, 2.45) is 5.73 Å². The Bertz CT molecular complexity index is 415. The molecular formula is C17H27NO6. The second-order valence-corrected chi connectivity index (χ2v) is 4.90. The molecule has 1 amide bonds. The van der Waals surface area contributed by atoms with Gasteiger partial charge in [-0.15, -0.1) is 0 Å². The molecule has 24 heavy (non-hydrogen) atoms. The lowest BCUT2D eigenvalue weighted by atomic mass is 10.2. The second kappa shape index (κ2) is 14.9. The van der Waals surface area contributed by atoms with Gasteiger partial charge in [-0.3, -0.25) is 0 Å². The van der Waals surface area contributed by atoms with Gasteiger partial charge in [0.25, 0.3) is 0 Å². The Hall–Kier alpha value is -1.67. The maximum Gasteiger partial charge on any atom is 0.404 e. The summed E-state index contributed by atoms with van der Waals surface area (Å²) in [4.78, 5) is 10.3. The van der Waals surface area contributed by atoms with E-state index in [9.17, 15) is 4.79 Å². The SMILES string of the molecule is NC(=O)OCCOCCOCCOCCCOCc1ccccc1. The summed E-state index contributed by atoms with van der Waals surface area (Å²) in [7, 11) is 0. The number of primary amides is 1. The minimum atomic E-state index is -0.794. The molecule has 0 bridgehead atoms. The van der Waals surface area contributed by atoms with E-state index in [1.54, 1.807) is 0 Å². The number of hydrogen-bond donors (Lipinski definition) is 1. The smallest absolute Gasteiger partial charge is 0.404 e. The van der Waals surface area contributed by atoms with Crippen molar-refractivity contribution in [1.29, 1.82) is 0 Å². The van der Waals surface area contributed by atoms with E-state index in [-0.39, 0.29) is 6.61 Å². The van der Waals surface area contributed by atoms with Crippen LogP contribution in [0.4, 0.5) is 4.79 Å². The van der Waals surface area contributed by atoms with Crippen molar-refractivity contribution in [1.82, 2.24) is 0 Å². The highest BCUT2D eigenvalue weighted by Gasteiger charge is 1.95. The molecule has 0 aromatic heterocycles.